The largest absolute Gasteiger partial charge is 0.401 e. The summed E-state index contributed by atoms with van der Waals surface area (Å²) in [6.45, 7) is 2.26. The number of hydrogen-bond acceptors (Lipinski definition) is 2. The average molecular weight is 252 g/mol. The van der Waals surface area contributed by atoms with Gasteiger partial charge in [0.25, 0.3) is 0 Å². The van der Waals surface area contributed by atoms with Crippen LogP contribution in [0.5, 0.6) is 0 Å². The van der Waals surface area contributed by atoms with Gasteiger partial charge in [-0.25, -0.2) is 0 Å². The summed E-state index contributed by atoms with van der Waals surface area (Å²) < 4.78 is 37.3. The van der Waals surface area contributed by atoms with Gasteiger partial charge in [0.15, 0.2) is 0 Å². The van der Waals surface area contributed by atoms with Gasteiger partial charge in [-0.05, 0) is 38.8 Å². The Balaban J connectivity index is 2.47. The number of alkyl halides is 3. The van der Waals surface area contributed by atoms with E-state index in [9.17, 15) is 13.2 Å². The van der Waals surface area contributed by atoms with Crippen molar-refractivity contribution < 1.29 is 13.2 Å². The molecule has 0 heterocycles. The second-order valence-corrected chi connectivity index (χ2v) is 4.94. The van der Waals surface area contributed by atoms with E-state index < -0.39 is 12.7 Å². The van der Waals surface area contributed by atoms with Crippen LogP contribution in [0.4, 0.5) is 13.2 Å². The molecule has 0 amide bonds. The summed E-state index contributed by atoms with van der Waals surface area (Å²) in [5, 5.41) is 3.22. The normalized spacial score (nSPS) is 25.8. The molecule has 1 aliphatic rings. The third-order valence-corrected chi connectivity index (χ3v) is 3.47. The van der Waals surface area contributed by atoms with Crippen LogP contribution in [0.25, 0.3) is 0 Å². The molecule has 0 aliphatic heterocycles. The molecule has 2 unspecified atom stereocenters. The average Bonchev–Trinajstić information content (AvgIpc) is 2.63. The highest BCUT2D eigenvalue weighted by Crippen LogP contribution is 2.27. The van der Waals surface area contributed by atoms with Gasteiger partial charge in [0, 0.05) is 12.6 Å². The van der Waals surface area contributed by atoms with Gasteiger partial charge in [-0.2, -0.15) is 13.2 Å². The molecule has 1 N–H and O–H groups in total. The minimum absolute atomic E-state index is 0.369. The lowest BCUT2D eigenvalue weighted by molar-refractivity contribution is -0.147. The second-order valence-electron chi connectivity index (χ2n) is 4.94. The summed E-state index contributed by atoms with van der Waals surface area (Å²) in [6, 6.07) is 0.391. The highest BCUT2D eigenvalue weighted by molar-refractivity contribution is 4.84. The van der Waals surface area contributed by atoms with E-state index in [0.717, 1.165) is 25.7 Å². The molecule has 1 aliphatic carbocycles. The predicted molar refractivity (Wildman–Crippen MR) is 63.0 cm³/mol. The molecule has 0 radical (unpaired) electrons. The molecule has 2 atom stereocenters. The van der Waals surface area contributed by atoms with Crippen LogP contribution in [-0.4, -0.2) is 43.8 Å². The first kappa shape index (κ1) is 14.8. The lowest BCUT2D eigenvalue weighted by atomic mass is 10.0. The quantitative estimate of drug-likeness (QED) is 0.782. The first-order valence-corrected chi connectivity index (χ1v) is 6.42. The molecule has 0 aromatic rings. The van der Waals surface area contributed by atoms with Gasteiger partial charge in [0.1, 0.15) is 0 Å². The Morgan fingerprint density at radius 2 is 2.00 bits per heavy atom. The fourth-order valence-electron chi connectivity index (χ4n) is 2.77. The van der Waals surface area contributed by atoms with Crippen molar-refractivity contribution in [3.8, 4) is 0 Å². The lowest BCUT2D eigenvalue weighted by Gasteiger charge is -2.28. The van der Waals surface area contributed by atoms with Crippen LogP contribution in [0.1, 0.15) is 32.6 Å². The van der Waals surface area contributed by atoms with Crippen molar-refractivity contribution in [2.45, 2.75) is 44.8 Å². The molecule has 2 nitrogen and oxygen atoms in total. The smallest absolute Gasteiger partial charge is 0.317 e. The van der Waals surface area contributed by atoms with E-state index in [1.54, 1.807) is 4.90 Å². The zero-order chi connectivity index (χ0) is 12.9. The van der Waals surface area contributed by atoms with E-state index in [1.807, 2.05) is 14.0 Å². The monoisotopic (exact) mass is 252 g/mol. The molecule has 1 rings (SSSR count). The second kappa shape index (κ2) is 6.59. The van der Waals surface area contributed by atoms with Crippen molar-refractivity contribution in [1.82, 2.24) is 10.2 Å². The third-order valence-electron chi connectivity index (χ3n) is 3.47. The van der Waals surface area contributed by atoms with Crippen LogP contribution < -0.4 is 5.32 Å². The molecule has 0 aromatic carbocycles. The zero-order valence-corrected chi connectivity index (χ0v) is 10.7. The molecular weight excluding hydrogens is 229 g/mol. The number of nitrogens with zero attached hydrogens (tertiary/aromatic N) is 1. The fraction of sp³-hybridized carbons (Fsp3) is 1.00. The van der Waals surface area contributed by atoms with E-state index >= 15 is 0 Å². The fourth-order valence-corrected chi connectivity index (χ4v) is 2.77. The van der Waals surface area contributed by atoms with Crippen molar-refractivity contribution in [1.29, 1.82) is 0 Å². The maximum absolute atomic E-state index is 12.4. The zero-order valence-electron chi connectivity index (χ0n) is 10.7. The molecule has 17 heavy (non-hydrogen) atoms. The van der Waals surface area contributed by atoms with E-state index in [1.165, 1.54) is 0 Å². The molecule has 0 bridgehead atoms. The highest BCUT2D eigenvalue weighted by Gasteiger charge is 2.33. The number of rotatable bonds is 6. The highest BCUT2D eigenvalue weighted by atomic mass is 19.4. The van der Waals surface area contributed by atoms with Gasteiger partial charge >= 0.3 is 6.18 Å². The van der Waals surface area contributed by atoms with Gasteiger partial charge in [0.2, 0.25) is 0 Å². The van der Waals surface area contributed by atoms with Crippen LogP contribution in [0.15, 0.2) is 0 Å². The summed E-state index contributed by atoms with van der Waals surface area (Å²) >= 11 is 0. The van der Waals surface area contributed by atoms with Crippen LogP contribution in [0.3, 0.4) is 0 Å². The molecule has 1 saturated carbocycles. The first-order valence-electron chi connectivity index (χ1n) is 6.42. The molecule has 0 saturated heterocycles. The Bertz CT molecular complexity index is 218. The Morgan fingerprint density at radius 1 is 1.29 bits per heavy atom. The van der Waals surface area contributed by atoms with E-state index in [4.69, 9.17) is 0 Å². The number of nitrogens with one attached hydrogen (secondary N) is 1. The molecular formula is C12H23F3N2. The maximum Gasteiger partial charge on any atom is 0.401 e. The van der Waals surface area contributed by atoms with Crippen molar-refractivity contribution in [3.05, 3.63) is 0 Å². The van der Waals surface area contributed by atoms with E-state index in [0.29, 0.717) is 25.0 Å². The summed E-state index contributed by atoms with van der Waals surface area (Å²) in [5.41, 5.74) is 0. The predicted octanol–water partition coefficient (Wildman–Crippen LogP) is 2.65. The van der Waals surface area contributed by atoms with Crippen molar-refractivity contribution in [2.75, 3.05) is 26.7 Å². The van der Waals surface area contributed by atoms with Crippen LogP contribution in [0, 0.1) is 5.92 Å². The Labute approximate surface area is 102 Å². The Hall–Kier alpha value is -0.290. The van der Waals surface area contributed by atoms with Crippen LogP contribution in [-0.2, 0) is 0 Å². The SMILES string of the molecule is CCCN(CC1CCCC1NC)CC(F)(F)F. The van der Waals surface area contributed by atoms with Gasteiger partial charge < -0.3 is 5.32 Å². The molecule has 0 aromatic heterocycles. The lowest BCUT2D eigenvalue weighted by Crippen LogP contribution is -2.42. The number of hydrogen-bond donors (Lipinski definition) is 1. The van der Waals surface area contributed by atoms with E-state index in [2.05, 4.69) is 5.32 Å². The van der Waals surface area contributed by atoms with Crippen molar-refractivity contribution in [3.63, 3.8) is 0 Å². The maximum atomic E-state index is 12.4. The standard InChI is InChI=1S/C12H23F3N2/c1-3-7-17(9-12(13,14)15)8-10-5-4-6-11(10)16-2/h10-11,16H,3-9H2,1-2H3. The summed E-state index contributed by atoms with van der Waals surface area (Å²) in [5.74, 6) is 0.369. The van der Waals surface area contributed by atoms with Gasteiger partial charge in [0.05, 0.1) is 6.54 Å². The van der Waals surface area contributed by atoms with Gasteiger partial charge in [-0.15, -0.1) is 0 Å². The number of halogens is 3. The Kier molecular flexibility index (Phi) is 5.73. The summed E-state index contributed by atoms with van der Waals surface area (Å²) in [4.78, 5) is 1.56. The van der Waals surface area contributed by atoms with Gasteiger partial charge in [-0.1, -0.05) is 13.3 Å². The first-order chi connectivity index (χ1) is 7.96. The van der Waals surface area contributed by atoms with Crippen LogP contribution >= 0.6 is 0 Å². The molecule has 5 heteroatoms. The summed E-state index contributed by atoms with van der Waals surface area (Å²) in [7, 11) is 1.90. The topological polar surface area (TPSA) is 15.3 Å². The Morgan fingerprint density at radius 3 is 2.53 bits per heavy atom. The van der Waals surface area contributed by atoms with E-state index in [-0.39, 0.29) is 0 Å². The summed E-state index contributed by atoms with van der Waals surface area (Å²) in [6.07, 6.45) is -0.0468. The van der Waals surface area contributed by atoms with Crippen molar-refractivity contribution >= 4 is 0 Å². The molecule has 0 spiro atoms. The van der Waals surface area contributed by atoms with Crippen molar-refractivity contribution in [2.24, 2.45) is 5.92 Å². The minimum atomic E-state index is -4.08. The minimum Gasteiger partial charge on any atom is -0.317 e. The molecule has 1 fully saturated rings. The molecule has 102 valence electrons. The van der Waals surface area contributed by atoms with Gasteiger partial charge in [-0.3, -0.25) is 4.90 Å². The third kappa shape index (κ3) is 5.25. The van der Waals surface area contributed by atoms with Crippen LogP contribution in [0.2, 0.25) is 0 Å².